The van der Waals surface area contributed by atoms with E-state index in [0.29, 0.717) is 19.8 Å². The van der Waals surface area contributed by atoms with Crippen LogP contribution in [0.2, 0.25) is 0 Å². The molecule has 0 heterocycles. The lowest BCUT2D eigenvalue weighted by atomic mass is 10.2. The van der Waals surface area contributed by atoms with Gasteiger partial charge in [0.2, 0.25) is 0 Å². The number of rotatable bonds is 7. The van der Waals surface area contributed by atoms with Crippen molar-refractivity contribution in [1.29, 1.82) is 0 Å². The molecule has 0 fully saturated rings. The SMILES string of the molecule is CCOCC(C)NCC(C)C(=O)O. The molecule has 0 aliphatic heterocycles. The largest absolute Gasteiger partial charge is 0.481 e. The Kier molecular flexibility index (Phi) is 6.54. The summed E-state index contributed by atoms with van der Waals surface area (Å²) in [6.07, 6.45) is 0. The van der Waals surface area contributed by atoms with E-state index in [1.165, 1.54) is 0 Å². The number of aliphatic carboxylic acids is 1. The number of hydrogen-bond acceptors (Lipinski definition) is 3. The zero-order valence-electron chi connectivity index (χ0n) is 8.54. The van der Waals surface area contributed by atoms with Gasteiger partial charge in [-0.3, -0.25) is 4.79 Å². The first-order valence-corrected chi connectivity index (χ1v) is 4.61. The second kappa shape index (κ2) is 6.86. The number of carbonyl (C=O) groups is 1. The molecule has 0 aromatic carbocycles. The molecule has 0 radical (unpaired) electrons. The van der Waals surface area contributed by atoms with Crippen molar-refractivity contribution in [2.24, 2.45) is 5.92 Å². The lowest BCUT2D eigenvalue weighted by molar-refractivity contribution is -0.141. The Hall–Kier alpha value is -0.610. The highest BCUT2D eigenvalue weighted by Gasteiger charge is 2.11. The van der Waals surface area contributed by atoms with Gasteiger partial charge >= 0.3 is 5.97 Å². The molecule has 0 saturated heterocycles. The Morgan fingerprint density at radius 3 is 2.62 bits per heavy atom. The summed E-state index contributed by atoms with van der Waals surface area (Å²) in [7, 11) is 0. The van der Waals surface area contributed by atoms with Crippen molar-refractivity contribution in [3.63, 3.8) is 0 Å². The fraction of sp³-hybridized carbons (Fsp3) is 0.889. The maximum atomic E-state index is 10.5. The fourth-order valence-electron chi connectivity index (χ4n) is 0.819. The summed E-state index contributed by atoms with van der Waals surface area (Å²) < 4.78 is 5.18. The van der Waals surface area contributed by atoms with Crippen LogP contribution >= 0.6 is 0 Å². The van der Waals surface area contributed by atoms with Crippen LogP contribution in [0.5, 0.6) is 0 Å². The van der Waals surface area contributed by atoms with E-state index in [0.717, 1.165) is 0 Å². The van der Waals surface area contributed by atoms with Gasteiger partial charge < -0.3 is 15.2 Å². The molecule has 0 rings (SSSR count). The molecule has 0 spiro atoms. The Morgan fingerprint density at radius 1 is 1.54 bits per heavy atom. The van der Waals surface area contributed by atoms with E-state index in [2.05, 4.69) is 5.32 Å². The van der Waals surface area contributed by atoms with E-state index in [1.54, 1.807) is 6.92 Å². The molecule has 78 valence electrons. The Balaban J connectivity index is 3.45. The Morgan fingerprint density at radius 2 is 2.15 bits per heavy atom. The predicted molar refractivity (Wildman–Crippen MR) is 50.8 cm³/mol. The lowest BCUT2D eigenvalue weighted by Crippen LogP contribution is -2.35. The van der Waals surface area contributed by atoms with Crippen LogP contribution < -0.4 is 5.32 Å². The van der Waals surface area contributed by atoms with Crippen molar-refractivity contribution in [3.05, 3.63) is 0 Å². The second-order valence-electron chi connectivity index (χ2n) is 3.21. The first-order valence-electron chi connectivity index (χ1n) is 4.61. The van der Waals surface area contributed by atoms with Gasteiger partial charge in [0.1, 0.15) is 0 Å². The van der Waals surface area contributed by atoms with E-state index in [1.807, 2.05) is 13.8 Å². The van der Waals surface area contributed by atoms with E-state index >= 15 is 0 Å². The van der Waals surface area contributed by atoms with Gasteiger partial charge in [0, 0.05) is 19.2 Å². The van der Waals surface area contributed by atoms with Crippen molar-refractivity contribution in [2.75, 3.05) is 19.8 Å². The highest BCUT2D eigenvalue weighted by atomic mass is 16.5. The fourth-order valence-corrected chi connectivity index (χ4v) is 0.819. The topological polar surface area (TPSA) is 58.6 Å². The molecular weight excluding hydrogens is 170 g/mol. The summed E-state index contributed by atoms with van der Waals surface area (Å²) in [5.74, 6) is -1.11. The van der Waals surface area contributed by atoms with Crippen LogP contribution in [0.4, 0.5) is 0 Å². The molecule has 0 saturated carbocycles. The van der Waals surface area contributed by atoms with Gasteiger partial charge in [-0.2, -0.15) is 0 Å². The van der Waals surface area contributed by atoms with Crippen molar-refractivity contribution in [3.8, 4) is 0 Å². The smallest absolute Gasteiger partial charge is 0.307 e. The summed E-state index contributed by atoms with van der Waals surface area (Å²) in [6, 6.07) is 0.210. The third-order valence-corrected chi connectivity index (χ3v) is 1.77. The Bertz CT molecular complexity index is 150. The minimum atomic E-state index is -0.767. The molecule has 0 aromatic heterocycles. The molecule has 0 bridgehead atoms. The maximum absolute atomic E-state index is 10.5. The van der Waals surface area contributed by atoms with E-state index in [4.69, 9.17) is 9.84 Å². The average molecular weight is 189 g/mol. The standard InChI is InChI=1S/C9H19NO3/c1-4-13-6-8(3)10-5-7(2)9(11)12/h7-8,10H,4-6H2,1-3H3,(H,11,12). The zero-order valence-corrected chi connectivity index (χ0v) is 8.54. The van der Waals surface area contributed by atoms with Gasteiger partial charge in [-0.05, 0) is 13.8 Å². The first kappa shape index (κ1) is 12.4. The number of carboxylic acid groups (broad SMARTS) is 1. The van der Waals surface area contributed by atoms with Crippen LogP contribution in [-0.2, 0) is 9.53 Å². The van der Waals surface area contributed by atoms with Crippen LogP contribution in [-0.4, -0.2) is 36.9 Å². The van der Waals surface area contributed by atoms with E-state index < -0.39 is 5.97 Å². The van der Waals surface area contributed by atoms with Crippen molar-refractivity contribution in [1.82, 2.24) is 5.32 Å². The molecule has 2 atom stereocenters. The van der Waals surface area contributed by atoms with Crippen LogP contribution in [0.1, 0.15) is 20.8 Å². The number of nitrogens with one attached hydrogen (secondary N) is 1. The van der Waals surface area contributed by atoms with Crippen LogP contribution in [0.15, 0.2) is 0 Å². The van der Waals surface area contributed by atoms with Gasteiger partial charge in [0.25, 0.3) is 0 Å². The van der Waals surface area contributed by atoms with Gasteiger partial charge in [0.15, 0.2) is 0 Å². The molecule has 2 unspecified atom stereocenters. The van der Waals surface area contributed by atoms with Gasteiger partial charge in [0.05, 0.1) is 12.5 Å². The van der Waals surface area contributed by atoms with Gasteiger partial charge in [-0.15, -0.1) is 0 Å². The third-order valence-electron chi connectivity index (χ3n) is 1.77. The molecule has 4 nitrogen and oxygen atoms in total. The summed E-state index contributed by atoms with van der Waals surface area (Å²) in [5, 5.41) is 11.7. The normalized spacial score (nSPS) is 15.3. The molecule has 2 N–H and O–H groups in total. The van der Waals surface area contributed by atoms with Crippen molar-refractivity contribution >= 4 is 5.97 Å². The molecule has 0 amide bonds. The number of carboxylic acids is 1. The highest BCUT2D eigenvalue weighted by Crippen LogP contribution is 1.93. The Labute approximate surface area is 79.3 Å². The van der Waals surface area contributed by atoms with Crippen molar-refractivity contribution < 1.29 is 14.6 Å². The second-order valence-corrected chi connectivity index (χ2v) is 3.21. The zero-order chi connectivity index (χ0) is 10.3. The van der Waals surface area contributed by atoms with E-state index in [9.17, 15) is 4.79 Å². The summed E-state index contributed by atoms with van der Waals surface area (Å²) in [6.45, 7) is 7.41. The van der Waals surface area contributed by atoms with Crippen LogP contribution in [0.3, 0.4) is 0 Å². The number of hydrogen-bond donors (Lipinski definition) is 2. The quantitative estimate of drug-likeness (QED) is 0.619. The summed E-state index contributed by atoms with van der Waals surface area (Å²) in [5.41, 5.74) is 0. The highest BCUT2D eigenvalue weighted by molar-refractivity contribution is 5.69. The lowest BCUT2D eigenvalue weighted by Gasteiger charge is -2.15. The molecule has 0 aromatic rings. The molecule has 0 aliphatic carbocycles. The van der Waals surface area contributed by atoms with Crippen molar-refractivity contribution in [2.45, 2.75) is 26.8 Å². The van der Waals surface area contributed by atoms with Crippen LogP contribution in [0, 0.1) is 5.92 Å². The van der Waals surface area contributed by atoms with Gasteiger partial charge in [-0.1, -0.05) is 6.92 Å². The third kappa shape index (κ3) is 6.54. The summed E-state index contributed by atoms with van der Waals surface area (Å²) >= 11 is 0. The average Bonchev–Trinajstić information content (AvgIpc) is 2.10. The molecule has 0 aliphatic rings. The molecule has 13 heavy (non-hydrogen) atoms. The minimum absolute atomic E-state index is 0.210. The van der Waals surface area contributed by atoms with Crippen LogP contribution in [0.25, 0.3) is 0 Å². The maximum Gasteiger partial charge on any atom is 0.307 e. The molecular formula is C9H19NO3. The molecule has 4 heteroatoms. The number of ether oxygens (including phenoxy) is 1. The van der Waals surface area contributed by atoms with Gasteiger partial charge in [-0.25, -0.2) is 0 Å². The minimum Gasteiger partial charge on any atom is -0.481 e. The van der Waals surface area contributed by atoms with E-state index in [-0.39, 0.29) is 12.0 Å². The first-order chi connectivity index (χ1) is 6.07. The predicted octanol–water partition coefficient (Wildman–Crippen LogP) is 0.722. The monoisotopic (exact) mass is 189 g/mol. The summed E-state index contributed by atoms with van der Waals surface area (Å²) in [4.78, 5) is 10.5.